The number of para-hydroxylation sites is 2. The molecular weight excluding hydrogens is 427 g/mol. The summed E-state index contributed by atoms with van der Waals surface area (Å²) in [5.74, 6) is -0.237. The van der Waals surface area contributed by atoms with Gasteiger partial charge in [-0.1, -0.05) is 93.9 Å². The normalized spacial score (nSPS) is 11.1. The molecule has 0 atom stereocenters. The van der Waals surface area contributed by atoms with E-state index in [9.17, 15) is 18.1 Å². The Hall–Kier alpha value is -0.414. The first-order chi connectivity index (χ1) is 13.9. The largest absolute Gasteiger partial charge is 1.00 e. The molecule has 0 aliphatic heterocycles. The maximum absolute atomic E-state index is 12.7. The maximum Gasteiger partial charge on any atom is 1.00 e. The molecule has 0 bridgehead atoms. The van der Waals surface area contributed by atoms with Gasteiger partial charge < -0.3 is 9.84 Å². The molecule has 0 aliphatic rings. The molecule has 30 heavy (non-hydrogen) atoms. The average Bonchev–Trinajstić information content (AvgIpc) is 2.69. The van der Waals surface area contributed by atoms with E-state index in [1.54, 1.807) is 18.2 Å². The first-order valence-electron chi connectivity index (χ1n) is 10.5. The number of ether oxygens (including phenoxy) is 1. The van der Waals surface area contributed by atoms with Gasteiger partial charge in [0, 0.05) is 0 Å². The Morgan fingerprint density at radius 1 is 0.833 bits per heavy atom. The van der Waals surface area contributed by atoms with Crippen LogP contribution in [0.3, 0.4) is 0 Å². The second kappa shape index (κ2) is 14.6. The molecule has 0 fully saturated rings. The van der Waals surface area contributed by atoms with Crippen LogP contribution in [-0.4, -0.2) is 13.0 Å². The molecule has 0 unspecified atom stereocenters. The van der Waals surface area contributed by atoms with E-state index in [0.717, 1.165) is 12.8 Å². The van der Waals surface area contributed by atoms with Crippen LogP contribution in [0, 0.1) is 0 Å². The summed E-state index contributed by atoms with van der Waals surface area (Å²) < 4.78 is 37.9. The van der Waals surface area contributed by atoms with Gasteiger partial charge in [-0.3, -0.25) is 4.55 Å². The van der Waals surface area contributed by atoms with E-state index in [-0.39, 0.29) is 73.5 Å². The molecular formula is C23H31KO5S. The van der Waals surface area contributed by atoms with E-state index in [1.165, 1.54) is 69.2 Å². The fraction of sp³-hybridized carbons (Fsp3) is 0.478. The predicted octanol–water partition coefficient (Wildman–Crippen LogP) is 2.88. The van der Waals surface area contributed by atoms with Gasteiger partial charge in [-0.25, -0.2) is 0 Å². The molecule has 0 heterocycles. The number of benzene rings is 2. The summed E-state index contributed by atoms with van der Waals surface area (Å²) in [4.78, 5) is -0.358. The summed E-state index contributed by atoms with van der Waals surface area (Å²) >= 11 is 0. The molecule has 0 saturated carbocycles. The minimum absolute atomic E-state index is 0. The van der Waals surface area contributed by atoms with Crippen molar-refractivity contribution in [1.82, 2.24) is 0 Å². The summed E-state index contributed by atoms with van der Waals surface area (Å²) in [6, 6.07) is 10.7. The van der Waals surface area contributed by atoms with Crippen molar-refractivity contribution in [2.75, 3.05) is 0 Å². The number of aryl methyl sites for hydroxylation is 1. The fourth-order valence-electron chi connectivity index (χ4n) is 3.33. The molecule has 0 radical (unpaired) electrons. The Balaban J connectivity index is 0.00000450. The minimum Gasteiger partial charge on any atom is -0.870 e. The SMILES string of the molecule is CCCCCCCCCCCc1cccc(Oc2ccccc2S(=O)(=O)O)c1[O-].[K+]. The van der Waals surface area contributed by atoms with E-state index in [2.05, 4.69) is 6.92 Å². The van der Waals surface area contributed by atoms with Crippen molar-refractivity contribution < 1.29 is 74.2 Å². The zero-order valence-corrected chi connectivity index (χ0v) is 22.0. The van der Waals surface area contributed by atoms with Crippen LogP contribution < -0.4 is 61.2 Å². The van der Waals surface area contributed by atoms with Crippen molar-refractivity contribution in [2.24, 2.45) is 0 Å². The summed E-state index contributed by atoms with van der Waals surface area (Å²) in [6.45, 7) is 2.22. The molecule has 2 rings (SSSR count). The first-order valence-corrected chi connectivity index (χ1v) is 11.9. The Kier molecular flexibility index (Phi) is 13.5. The van der Waals surface area contributed by atoms with E-state index in [4.69, 9.17) is 4.74 Å². The van der Waals surface area contributed by atoms with Crippen LogP contribution in [0.4, 0.5) is 0 Å². The standard InChI is InChI=1S/C23H32O5S.K/c1-2-3-4-5-6-7-8-9-10-14-19-15-13-17-21(23(19)24)28-20-16-11-12-18-22(20)29(25,26)27;/h11-13,15-18,24H,2-10,14H2,1H3,(H,25,26,27);/q;+1/p-1. The molecule has 7 heteroatoms. The zero-order chi connectivity index (χ0) is 21.1. The van der Waals surface area contributed by atoms with Crippen LogP contribution in [0.15, 0.2) is 47.4 Å². The number of rotatable bonds is 13. The van der Waals surface area contributed by atoms with Crippen molar-refractivity contribution in [2.45, 2.75) is 76.0 Å². The zero-order valence-electron chi connectivity index (χ0n) is 18.1. The van der Waals surface area contributed by atoms with Gasteiger partial charge in [0.2, 0.25) is 0 Å². The van der Waals surface area contributed by atoms with Crippen molar-refractivity contribution in [3.8, 4) is 17.2 Å². The van der Waals surface area contributed by atoms with Crippen molar-refractivity contribution in [1.29, 1.82) is 0 Å². The smallest absolute Gasteiger partial charge is 0.870 e. The third kappa shape index (κ3) is 9.38. The number of hydrogen-bond donors (Lipinski definition) is 1. The van der Waals surface area contributed by atoms with E-state index in [0.29, 0.717) is 12.0 Å². The van der Waals surface area contributed by atoms with Gasteiger partial charge in [0.1, 0.15) is 16.4 Å². The third-order valence-corrected chi connectivity index (χ3v) is 5.85. The quantitative estimate of drug-likeness (QED) is 0.283. The summed E-state index contributed by atoms with van der Waals surface area (Å²) in [5.41, 5.74) is 0.662. The number of unbranched alkanes of at least 4 members (excludes halogenated alkanes) is 8. The molecule has 0 aliphatic carbocycles. The summed E-state index contributed by atoms with van der Waals surface area (Å²) in [6.07, 6.45) is 11.6. The van der Waals surface area contributed by atoms with Gasteiger partial charge in [0.15, 0.2) is 0 Å². The molecule has 0 amide bonds. The molecule has 160 valence electrons. The predicted molar refractivity (Wildman–Crippen MR) is 113 cm³/mol. The van der Waals surface area contributed by atoms with Crippen molar-refractivity contribution in [3.63, 3.8) is 0 Å². The second-order valence-corrected chi connectivity index (χ2v) is 8.74. The van der Waals surface area contributed by atoms with Crippen LogP contribution in [0.25, 0.3) is 0 Å². The monoisotopic (exact) mass is 458 g/mol. The minimum atomic E-state index is -4.43. The van der Waals surface area contributed by atoms with Crippen LogP contribution in [0.1, 0.15) is 70.3 Å². The second-order valence-electron chi connectivity index (χ2n) is 7.35. The van der Waals surface area contributed by atoms with Gasteiger partial charge in [-0.05, 0) is 31.0 Å². The molecule has 0 aromatic heterocycles. The van der Waals surface area contributed by atoms with Crippen LogP contribution in [0.5, 0.6) is 17.2 Å². The Morgan fingerprint density at radius 2 is 1.40 bits per heavy atom. The Labute approximate surface area is 223 Å². The van der Waals surface area contributed by atoms with Crippen LogP contribution in [-0.2, 0) is 16.5 Å². The van der Waals surface area contributed by atoms with Crippen molar-refractivity contribution in [3.05, 3.63) is 48.0 Å². The molecule has 2 aromatic carbocycles. The summed E-state index contributed by atoms with van der Waals surface area (Å²) in [7, 11) is -4.43. The van der Waals surface area contributed by atoms with Gasteiger partial charge >= 0.3 is 51.4 Å². The topological polar surface area (TPSA) is 86.7 Å². The van der Waals surface area contributed by atoms with Gasteiger partial charge in [-0.15, -0.1) is 0 Å². The first kappa shape index (κ1) is 27.6. The molecule has 5 nitrogen and oxygen atoms in total. The average molecular weight is 459 g/mol. The maximum atomic E-state index is 12.7. The molecule has 2 aromatic rings. The van der Waals surface area contributed by atoms with Crippen LogP contribution in [0.2, 0.25) is 0 Å². The van der Waals surface area contributed by atoms with Gasteiger partial charge in [-0.2, -0.15) is 8.42 Å². The molecule has 1 N–H and O–H groups in total. The number of hydrogen-bond acceptors (Lipinski definition) is 4. The van der Waals surface area contributed by atoms with Crippen LogP contribution >= 0.6 is 0 Å². The van der Waals surface area contributed by atoms with Gasteiger partial charge in [0.05, 0.1) is 0 Å². The third-order valence-electron chi connectivity index (χ3n) is 4.96. The van der Waals surface area contributed by atoms with Gasteiger partial charge in [0.25, 0.3) is 10.1 Å². The van der Waals surface area contributed by atoms with Crippen molar-refractivity contribution >= 4 is 10.1 Å². The van der Waals surface area contributed by atoms with E-state index in [1.807, 2.05) is 0 Å². The fourth-order valence-corrected chi connectivity index (χ4v) is 3.95. The Bertz CT molecular complexity index is 868. The Morgan fingerprint density at radius 3 is 2.03 bits per heavy atom. The van der Waals surface area contributed by atoms with E-state index >= 15 is 0 Å². The summed E-state index contributed by atoms with van der Waals surface area (Å²) in [5, 5.41) is 12.7. The molecule has 0 saturated heterocycles. The van der Waals surface area contributed by atoms with E-state index < -0.39 is 10.1 Å². The molecule has 0 spiro atoms.